The van der Waals surface area contributed by atoms with E-state index in [0.29, 0.717) is 32.5 Å². The van der Waals surface area contributed by atoms with Crippen LogP contribution in [-0.2, 0) is 41.8 Å². The number of carbonyl (C=O) groups is 2. The summed E-state index contributed by atoms with van der Waals surface area (Å²) >= 11 is 0. The monoisotopic (exact) mass is 1050 g/mol. The van der Waals surface area contributed by atoms with Gasteiger partial charge in [0, 0.05) is 57.1 Å². The number of hydrogen-bond donors (Lipinski definition) is 0. The Morgan fingerprint density at radius 1 is 0.873 bits per heavy atom. The number of carbonyl (C=O) groups excluding carboxylic acids is 2. The first kappa shape index (κ1) is 63.6. The maximum absolute atomic E-state index is 14.3. The Labute approximate surface area is 437 Å². The molecule has 3 aliphatic heterocycles. The van der Waals surface area contributed by atoms with Crippen LogP contribution in [0.1, 0.15) is 150 Å². The molecule has 11 atom stereocenters. The summed E-state index contributed by atoms with van der Waals surface area (Å²) in [5.41, 5.74) is -0.678. The molecule has 0 saturated carbocycles. The highest BCUT2D eigenvalue weighted by atomic mass is 28.4. The number of nitrogens with zero attached hydrogens (tertiary/aromatic N) is 2. The Kier molecular flexibility index (Phi) is 26.5. The predicted octanol–water partition coefficient (Wildman–Crippen LogP) is 13.5. The first-order chi connectivity index (χ1) is 33.6. The van der Waals surface area contributed by atoms with Gasteiger partial charge in [0.2, 0.25) is 0 Å². The van der Waals surface area contributed by atoms with E-state index < -0.39 is 60.8 Å². The average molecular weight is 1050 g/mol. The molecule has 0 aromatic rings. The van der Waals surface area contributed by atoms with Crippen LogP contribution in [0.25, 0.3) is 0 Å². The summed E-state index contributed by atoms with van der Waals surface area (Å²) in [6.07, 6.45) is 10.9. The summed E-state index contributed by atoms with van der Waals surface area (Å²) in [6, 6.07) is 9.37. The summed E-state index contributed by atoms with van der Waals surface area (Å²) in [5, 5.41) is 0. The molecule has 0 spiro atoms. The number of epoxide rings is 1. The van der Waals surface area contributed by atoms with E-state index in [9.17, 15) is 9.59 Å². The van der Waals surface area contributed by atoms with Crippen molar-refractivity contribution in [2.75, 3.05) is 39.8 Å². The topological polar surface area (TPSA) is 118 Å². The highest BCUT2D eigenvalue weighted by Gasteiger charge is 2.51. The second-order valence-electron chi connectivity index (χ2n) is 21.9. The van der Waals surface area contributed by atoms with Crippen molar-refractivity contribution >= 4 is 37.0 Å². The van der Waals surface area contributed by atoms with Gasteiger partial charge >= 0.3 is 12.1 Å². The van der Waals surface area contributed by atoms with E-state index in [0.717, 1.165) is 85.9 Å². The van der Waals surface area contributed by atoms with E-state index in [-0.39, 0.29) is 48.6 Å². The molecule has 0 aromatic heterocycles. The highest BCUT2D eigenvalue weighted by Crippen LogP contribution is 2.43. The molecule has 1 amide bonds. The molecule has 0 N–H and O–H groups in total. The van der Waals surface area contributed by atoms with Crippen molar-refractivity contribution in [3.05, 3.63) is 36.0 Å². The Bertz CT molecular complexity index is 1660. The average Bonchev–Trinajstić information content (AvgIpc) is 4.13. The Morgan fingerprint density at radius 2 is 1.45 bits per heavy atom. The Balaban J connectivity index is 2.10. The number of amides is 1. The van der Waals surface area contributed by atoms with Crippen LogP contribution in [0.2, 0.25) is 54.4 Å². The number of ether oxygens (including phenoxy) is 5. The molecule has 2 saturated heterocycles. The number of likely N-dealkylation sites (N-methyl/N-ethyl adjacent to an activating group) is 1. The molecule has 0 aliphatic carbocycles. The van der Waals surface area contributed by atoms with Gasteiger partial charge in [0.25, 0.3) is 0 Å². The number of esters is 1. The van der Waals surface area contributed by atoms with Crippen molar-refractivity contribution in [2.24, 2.45) is 11.8 Å². The van der Waals surface area contributed by atoms with Crippen molar-refractivity contribution in [2.45, 2.75) is 258 Å². The molecular weight excluding hydrogens is 945 g/mol. The zero-order valence-corrected chi connectivity index (χ0v) is 51.5. The zero-order valence-electron chi connectivity index (χ0n) is 48.5. The van der Waals surface area contributed by atoms with E-state index in [1.807, 2.05) is 39.8 Å². The lowest BCUT2D eigenvalue weighted by Crippen LogP contribution is -2.52. The van der Waals surface area contributed by atoms with Crippen LogP contribution >= 0.6 is 0 Å². The third-order valence-corrected chi connectivity index (χ3v) is 31.3. The summed E-state index contributed by atoms with van der Waals surface area (Å²) in [5.74, 6) is -0.290. The molecule has 71 heavy (non-hydrogen) atoms. The second-order valence-corrected chi connectivity index (χ2v) is 36.0. The third-order valence-electron chi connectivity index (χ3n) is 17.2. The molecule has 3 heterocycles. The molecule has 3 aliphatic rings. The van der Waals surface area contributed by atoms with Crippen molar-refractivity contribution in [3.8, 4) is 0 Å². The molecule has 412 valence electrons. The molecule has 0 aromatic carbocycles. The van der Waals surface area contributed by atoms with Crippen molar-refractivity contribution < 1.29 is 46.6 Å². The SMILES string of the molecule is CCOC(C)O[C@]1(C)CCC(O[Si](CC)(CC)CC)CC(=O)O[C@H](/C(C)=C/C=C/C(C)(C[C@H]2O[C@@H]2[C@H](C)[C@H](CC)O[Si](CC)(CC)CC)O[Si](CC)(CC)CC)[C@@H](C)/C=C/[C@@H]1OC(=O)N1CCN(C)CC1. The molecule has 15 heteroatoms. The fraction of sp³-hybridized carbons (Fsp3) is 0.857. The molecular formula is C56H106N2O10Si3. The van der Waals surface area contributed by atoms with Gasteiger partial charge in [-0.1, -0.05) is 107 Å². The highest BCUT2D eigenvalue weighted by molar-refractivity contribution is 6.74. The Hall–Kier alpha value is -1.67. The van der Waals surface area contributed by atoms with Gasteiger partial charge in [-0.15, -0.1) is 0 Å². The number of rotatable bonds is 28. The lowest BCUT2D eigenvalue weighted by molar-refractivity contribution is -0.222. The van der Waals surface area contributed by atoms with Crippen LogP contribution in [-0.4, -0.2) is 141 Å². The predicted molar refractivity (Wildman–Crippen MR) is 298 cm³/mol. The van der Waals surface area contributed by atoms with Crippen LogP contribution in [0.15, 0.2) is 36.0 Å². The van der Waals surface area contributed by atoms with Gasteiger partial charge in [-0.05, 0) is 127 Å². The molecule has 3 unspecified atom stereocenters. The van der Waals surface area contributed by atoms with Gasteiger partial charge in [0.1, 0.15) is 11.7 Å². The van der Waals surface area contributed by atoms with Gasteiger partial charge < -0.3 is 46.8 Å². The van der Waals surface area contributed by atoms with Crippen LogP contribution < -0.4 is 0 Å². The fourth-order valence-electron chi connectivity index (χ4n) is 11.2. The van der Waals surface area contributed by atoms with Crippen molar-refractivity contribution in [1.29, 1.82) is 0 Å². The van der Waals surface area contributed by atoms with Crippen molar-refractivity contribution in [1.82, 2.24) is 9.80 Å². The van der Waals surface area contributed by atoms with Crippen LogP contribution in [0.5, 0.6) is 0 Å². The maximum Gasteiger partial charge on any atom is 0.410 e. The summed E-state index contributed by atoms with van der Waals surface area (Å²) in [6.45, 7) is 40.3. The van der Waals surface area contributed by atoms with E-state index in [1.165, 1.54) is 0 Å². The van der Waals surface area contributed by atoms with E-state index in [4.69, 9.17) is 37.0 Å². The van der Waals surface area contributed by atoms with E-state index in [2.05, 4.69) is 120 Å². The minimum Gasteiger partial charge on any atom is -0.457 e. The quantitative estimate of drug-likeness (QED) is 0.0186. The first-order valence-electron chi connectivity index (χ1n) is 28.5. The van der Waals surface area contributed by atoms with Crippen molar-refractivity contribution in [3.63, 3.8) is 0 Å². The van der Waals surface area contributed by atoms with Crippen LogP contribution in [0.4, 0.5) is 4.79 Å². The molecule has 0 bridgehead atoms. The fourth-order valence-corrected chi connectivity index (χ4v) is 20.2. The summed E-state index contributed by atoms with van der Waals surface area (Å²) < 4.78 is 54.0. The van der Waals surface area contributed by atoms with Gasteiger partial charge in [0.05, 0.1) is 30.3 Å². The molecule has 2 fully saturated rings. The standard InChI is InChI=1S/C56H106N2O10Si3/c1-19-48(67-70(24-6,25-7)26-8)45(14)53-49(62-53)42-55(16,68-71(27-9,28-10)29-11)35-30-31-43(12)52-44(13)32-33-50(63-54(60)58-39-37-57(18)38-40-58)56(17,65-46(15)61-20-2)36-34-47(41-51(59)64-52)66-69(21-3,22-4)23-5/h30-33,35,44-50,52-53H,19-29,34,36-42H2,1-18H3/b33-32+,35-30+,43-31+/t44-,45+,46?,47?,48-,49+,50-,52+,53+,55?,56+/m0/s1. The van der Waals surface area contributed by atoms with Gasteiger partial charge in [0.15, 0.2) is 37.3 Å². The van der Waals surface area contributed by atoms with Crippen LogP contribution in [0, 0.1) is 11.8 Å². The first-order valence-corrected chi connectivity index (χ1v) is 36.1. The number of hydrogen-bond acceptors (Lipinski definition) is 11. The maximum atomic E-state index is 14.3. The third kappa shape index (κ3) is 18.3. The Morgan fingerprint density at radius 3 is 1.99 bits per heavy atom. The molecule has 0 radical (unpaired) electrons. The number of cyclic esters (lactones) is 1. The minimum atomic E-state index is -2.17. The zero-order chi connectivity index (χ0) is 53.2. The number of allylic oxidation sites excluding steroid dienone is 2. The molecule has 3 rings (SSSR count). The van der Waals surface area contributed by atoms with Gasteiger partial charge in [-0.25, -0.2) is 4.79 Å². The largest absolute Gasteiger partial charge is 0.457 e. The van der Waals surface area contributed by atoms with E-state index in [1.54, 1.807) is 4.90 Å². The lowest BCUT2D eigenvalue weighted by atomic mass is 9.88. The van der Waals surface area contributed by atoms with Gasteiger partial charge in [-0.3, -0.25) is 4.79 Å². The normalized spacial score (nSPS) is 28.3. The van der Waals surface area contributed by atoms with Gasteiger partial charge in [-0.2, -0.15) is 0 Å². The summed E-state index contributed by atoms with van der Waals surface area (Å²) in [7, 11) is -3.95. The lowest BCUT2D eigenvalue weighted by Gasteiger charge is -2.41. The summed E-state index contributed by atoms with van der Waals surface area (Å²) in [4.78, 5) is 32.4. The second kappa shape index (κ2) is 29.6. The van der Waals surface area contributed by atoms with E-state index >= 15 is 0 Å². The molecule has 12 nitrogen and oxygen atoms in total. The smallest absolute Gasteiger partial charge is 0.410 e. The van der Waals surface area contributed by atoms with Crippen LogP contribution in [0.3, 0.4) is 0 Å². The number of piperazine rings is 1. The minimum absolute atomic E-state index is 0.0765.